The molecule has 90 valence electrons. The van der Waals surface area contributed by atoms with Crippen molar-refractivity contribution >= 4 is 29.2 Å². The van der Waals surface area contributed by atoms with Crippen LogP contribution in [0.1, 0.15) is 36.7 Å². The number of thiol groups is 1. The van der Waals surface area contributed by atoms with Gasteiger partial charge in [0.1, 0.15) is 0 Å². The number of ketones is 1. The number of benzene rings is 2. The second-order valence-corrected chi connectivity index (χ2v) is 3.85. The fourth-order valence-corrected chi connectivity index (χ4v) is 2.10. The highest BCUT2D eigenvalue weighted by Gasteiger charge is 2.06. The van der Waals surface area contributed by atoms with Crippen LogP contribution in [0, 0.1) is 0 Å². The molecular weight excluding hydrogens is 228 g/mol. The first-order valence-corrected chi connectivity index (χ1v) is 6.49. The third kappa shape index (κ3) is 2.89. The maximum atomic E-state index is 11.4. The zero-order valence-corrected chi connectivity index (χ0v) is 11.4. The molecule has 0 radical (unpaired) electrons. The first-order valence-electron chi connectivity index (χ1n) is 5.86. The molecule has 17 heavy (non-hydrogen) atoms. The molecule has 1 nitrogen and oxygen atoms in total. The van der Waals surface area contributed by atoms with Crippen LogP contribution in [-0.4, -0.2) is 5.78 Å². The standard InChI is InChI=1S/C13H12OS.C2H6/c1-9(14)11-5-3-6-12-10(8-15)4-2-7-13(11)12;1-2/h2-7,15H,8H2,1H3;1-2H3. The van der Waals surface area contributed by atoms with Crippen molar-refractivity contribution < 1.29 is 4.79 Å². The van der Waals surface area contributed by atoms with E-state index in [1.54, 1.807) is 6.92 Å². The molecule has 0 heterocycles. The highest BCUT2D eigenvalue weighted by molar-refractivity contribution is 7.79. The Kier molecular flexibility index (Phi) is 5.23. The first-order chi connectivity index (χ1) is 8.24. The van der Waals surface area contributed by atoms with E-state index in [0.29, 0.717) is 5.75 Å². The lowest BCUT2D eigenvalue weighted by Gasteiger charge is -2.06. The van der Waals surface area contributed by atoms with E-state index in [0.717, 1.165) is 16.3 Å². The minimum absolute atomic E-state index is 0.108. The quantitative estimate of drug-likeness (QED) is 0.610. The molecule has 2 rings (SSSR count). The molecule has 0 bridgehead atoms. The van der Waals surface area contributed by atoms with Gasteiger partial charge in [-0.3, -0.25) is 4.79 Å². The van der Waals surface area contributed by atoms with Crippen LogP contribution in [0.25, 0.3) is 10.8 Å². The van der Waals surface area contributed by atoms with Gasteiger partial charge in [0.05, 0.1) is 0 Å². The van der Waals surface area contributed by atoms with E-state index in [1.807, 2.05) is 50.2 Å². The Morgan fingerprint density at radius 3 is 2.24 bits per heavy atom. The van der Waals surface area contributed by atoms with Crippen molar-refractivity contribution in [2.45, 2.75) is 26.5 Å². The molecule has 0 aromatic heterocycles. The molecule has 0 aliphatic carbocycles. The van der Waals surface area contributed by atoms with Gasteiger partial charge in [0.2, 0.25) is 0 Å². The van der Waals surface area contributed by atoms with E-state index >= 15 is 0 Å². The molecule has 0 aliphatic rings. The lowest BCUT2D eigenvalue weighted by Crippen LogP contribution is -1.94. The molecule has 0 atom stereocenters. The monoisotopic (exact) mass is 246 g/mol. The summed E-state index contributed by atoms with van der Waals surface area (Å²) in [6, 6.07) is 11.8. The molecular formula is C15H18OS. The Bertz CT molecular complexity index is 517. The van der Waals surface area contributed by atoms with Gasteiger partial charge in [-0.25, -0.2) is 0 Å². The summed E-state index contributed by atoms with van der Waals surface area (Å²) in [6.45, 7) is 5.60. The second kappa shape index (κ2) is 6.45. The summed E-state index contributed by atoms with van der Waals surface area (Å²) in [5, 5.41) is 2.15. The lowest BCUT2D eigenvalue weighted by atomic mass is 9.99. The van der Waals surface area contributed by atoms with E-state index in [-0.39, 0.29) is 5.78 Å². The van der Waals surface area contributed by atoms with Crippen molar-refractivity contribution in [3.63, 3.8) is 0 Å². The summed E-state index contributed by atoms with van der Waals surface area (Å²) in [6.07, 6.45) is 0. The predicted octanol–water partition coefficient (Wildman–Crippen LogP) is 4.50. The van der Waals surface area contributed by atoms with Crippen LogP contribution in [-0.2, 0) is 5.75 Å². The molecule has 0 aliphatic heterocycles. The van der Waals surface area contributed by atoms with Crippen molar-refractivity contribution in [2.75, 3.05) is 0 Å². The van der Waals surface area contributed by atoms with Gasteiger partial charge >= 0.3 is 0 Å². The van der Waals surface area contributed by atoms with Crippen molar-refractivity contribution in [1.82, 2.24) is 0 Å². The third-order valence-electron chi connectivity index (χ3n) is 2.56. The number of fused-ring (bicyclic) bond motifs is 1. The number of hydrogen-bond donors (Lipinski definition) is 1. The summed E-state index contributed by atoms with van der Waals surface area (Å²) in [5.41, 5.74) is 1.95. The number of carbonyl (C=O) groups is 1. The van der Waals surface area contributed by atoms with E-state index in [1.165, 1.54) is 5.56 Å². The van der Waals surface area contributed by atoms with Crippen LogP contribution in [0.5, 0.6) is 0 Å². The number of carbonyl (C=O) groups excluding carboxylic acids is 1. The average Bonchev–Trinajstić information content (AvgIpc) is 2.39. The van der Waals surface area contributed by atoms with Gasteiger partial charge in [-0.1, -0.05) is 50.2 Å². The first kappa shape index (κ1) is 13.8. The average molecular weight is 246 g/mol. The Morgan fingerprint density at radius 1 is 1.06 bits per heavy atom. The lowest BCUT2D eigenvalue weighted by molar-refractivity contribution is 0.101. The summed E-state index contributed by atoms with van der Waals surface area (Å²) in [5.74, 6) is 0.801. The summed E-state index contributed by atoms with van der Waals surface area (Å²) in [4.78, 5) is 11.4. The molecule has 0 amide bonds. The maximum Gasteiger partial charge on any atom is 0.160 e. The van der Waals surface area contributed by atoms with Gasteiger partial charge in [0, 0.05) is 11.3 Å². The topological polar surface area (TPSA) is 17.1 Å². The van der Waals surface area contributed by atoms with Gasteiger partial charge in [0.15, 0.2) is 5.78 Å². The number of Topliss-reactive ketones (excluding diaryl/α,β-unsaturated/α-hetero) is 1. The van der Waals surface area contributed by atoms with Crippen LogP contribution in [0.15, 0.2) is 36.4 Å². The Labute approximate surface area is 108 Å². The zero-order chi connectivity index (χ0) is 12.8. The highest BCUT2D eigenvalue weighted by atomic mass is 32.1. The van der Waals surface area contributed by atoms with Crippen LogP contribution in [0.2, 0.25) is 0 Å². The summed E-state index contributed by atoms with van der Waals surface area (Å²) >= 11 is 4.29. The maximum absolute atomic E-state index is 11.4. The van der Waals surface area contributed by atoms with E-state index in [2.05, 4.69) is 12.6 Å². The fourth-order valence-electron chi connectivity index (χ4n) is 1.82. The number of hydrogen-bond acceptors (Lipinski definition) is 2. The largest absolute Gasteiger partial charge is 0.294 e. The Balaban J connectivity index is 0.000000686. The minimum Gasteiger partial charge on any atom is -0.294 e. The van der Waals surface area contributed by atoms with Gasteiger partial charge in [-0.2, -0.15) is 12.6 Å². The van der Waals surface area contributed by atoms with Gasteiger partial charge in [-0.15, -0.1) is 0 Å². The third-order valence-corrected chi connectivity index (χ3v) is 2.90. The van der Waals surface area contributed by atoms with Crippen LogP contribution in [0.4, 0.5) is 0 Å². The van der Waals surface area contributed by atoms with E-state index in [4.69, 9.17) is 0 Å². The van der Waals surface area contributed by atoms with Gasteiger partial charge in [-0.05, 0) is 23.3 Å². The van der Waals surface area contributed by atoms with Crippen LogP contribution in [0.3, 0.4) is 0 Å². The molecule has 0 spiro atoms. The van der Waals surface area contributed by atoms with Crippen molar-refractivity contribution in [3.8, 4) is 0 Å². The van der Waals surface area contributed by atoms with Crippen LogP contribution < -0.4 is 0 Å². The van der Waals surface area contributed by atoms with Crippen LogP contribution >= 0.6 is 12.6 Å². The van der Waals surface area contributed by atoms with Crippen molar-refractivity contribution in [2.24, 2.45) is 0 Å². The Morgan fingerprint density at radius 2 is 1.65 bits per heavy atom. The highest BCUT2D eigenvalue weighted by Crippen LogP contribution is 2.23. The molecule has 2 heteroatoms. The summed E-state index contributed by atoms with van der Waals surface area (Å²) in [7, 11) is 0. The smallest absolute Gasteiger partial charge is 0.160 e. The zero-order valence-electron chi connectivity index (χ0n) is 10.5. The molecule has 0 N–H and O–H groups in total. The minimum atomic E-state index is 0.108. The molecule has 0 saturated heterocycles. The normalized spacial score (nSPS) is 9.65. The van der Waals surface area contributed by atoms with E-state index in [9.17, 15) is 4.79 Å². The second-order valence-electron chi connectivity index (χ2n) is 3.53. The van der Waals surface area contributed by atoms with Gasteiger partial charge in [0.25, 0.3) is 0 Å². The van der Waals surface area contributed by atoms with Crippen molar-refractivity contribution in [3.05, 3.63) is 47.5 Å². The fraction of sp³-hybridized carbons (Fsp3) is 0.267. The van der Waals surface area contributed by atoms with Gasteiger partial charge < -0.3 is 0 Å². The van der Waals surface area contributed by atoms with E-state index < -0.39 is 0 Å². The molecule has 2 aromatic carbocycles. The Hall–Kier alpha value is -1.28. The predicted molar refractivity (Wildman–Crippen MR) is 78.0 cm³/mol. The number of rotatable bonds is 2. The summed E-state index contributed by atoms with van der Waals surface area (Å²) < 4.78 is 0. The molecule has 0 saturated carbocycles. The molecule has 0 unspecified atom stereocenters. The molecule has 2 aromatic rings. The molecule has 0 fully saturated rings. The van der Waals surface area contributed by atoms with Crippen molar-refractivity contribution in [1.29, 1.82) is 0 Å². The SMILES string of the molecule is CC.CC(=O)c1cccc2c(CS)cccc12.